The van der Waals surface area contributed by atoms with Crippen LogP contribution in [0.25, 0.3) is 10.2 Å². The Labute approximate surface area is 127 Å². The van der Waals surface area contributed by atoms with Crippen molar-refractivity contribution in [2.24, 2.45) is 5.41 Å². The third kappa shape index (κ3) is 2.19. The van der Waals surface area contributed by atoms with Crippen molar-refractivity contribution < 1.29 is 13.2 Å². The normalized spacial score (nSPS) is 27.0. The Morgan fingerprint density at radius 3 is 3.05 bits per heavy atom. The number of sulfonamides is 1. The van der Waals surface area contributed by atoms with Gasteiger partial charge in [0.2, 0.25) is 10.0 Å². The van der Waals surface area contributed by atoms with Crippen molar-refractivity contribution in [3.63, 3.8) is 0 Å². The predicted molar refractivity (Wildman–Crippen MR) is 80.9 cm³/mol. The molecule has 0 bridgehead atoms. The van der Waals surface area contributed by atoms with E-state index in [0.717, 1.165) is 29.7 Å². The highest BCUT2D eigenvalue weighted by atomic mass is 32.2. The number of thiazole rings is 1. The number of benzene rings is 1. The molecule has 2 aliphatic heterocycles. The molecule has 0 N–H and O–H groups in total. The smallest absolute Gasteiger partial charge is 0.243 e. The summed E-state index contributed by atoms with van der Waals surface area (Å²) in [7, 11) is -3.43. The van der Waals surface area contributed by atoms with Crippen LogP contribution in [0.4, 0.5) is 0 Å². The van der Waals surface area contributed by atoms with Crippen LogP contribution in [0.1, 0.15) is 12.8 Å². The first-order valence-corrected chi connectivity index (χ1v) is 9.32. The van der Waals surface area contributed by atoms with E-state index in [1.807, 2.05) is 6.07 Å². The van der Waals surface area contributed by atoms with Gasteiger partial charge in [0.05, 0.1) is 27.2 Å². The van der Waals surface area contributed by atoms with Crippen LogP contribution in [0.3, 0.4) is 0 Å². The summed E-state index contributed by atoms with van der Waals surface area (Å²) in [5.41, 5.74) is 2.53. The molecule has 3 heterocycles. The van der Waals surface area contributed by atoms with Gasteiger partial charge in [-0.1, -0.05) is 0 Å². The molecule has 1 spiro atoms. The van der Waals surface area contributed by atoms with Crippen molar-refractivity contribution in [2.45, 2.75) is 17.7 Å². The monoisotopic (exact) mass is 324 g/mol. The van der Waals surface area contributed by atoms with Gasteiger partial charge >= 0.3 is 0 Å². The van der Waals surface area contributed by atoms with E-state index in [9.17, 15) is 8.42 Å². The van der Waals surface area contributed by atoms with Gasteiger partial charge in [-0.2, -0.15) is 4.31 Å². The van der Waals surface area contributed by atoms with Crippen LogP contribution < -0.4 is 0 Å². The molecular weight excluding hydrogens is 308 g/mol. The standard InChI is InChI=1S/C14H16N2O3S2/c17-21(18,11-1-2-13-12(7-11)15-10-20-13)16-5-3-14(8-16)4-6-19-9-14/h1-2,7,10H,3-6,8-9H2. The minimum absolute atomic E-state index is 0.0395. The van der Waals surface area contributed by atoms with Gasteiger partial charge in [0.15, 0.2) is 0 Å². The molecule has 1 unspecified atom stereocenters. The van der Waals surface area contributed by atoms with E-state index in [1.165, 1.54) is 11.3 Å². The molecule has 4 rings (SSSR count). The van der Waals surface area contributed by atoms with E-state index in [-0.39, 0.29) is 5.41 Å². The highest BCUT2D eigenvalue weighted by Gasteiger charge is 2.45. The lowest BCUT2D eigenvalue weighted by atomic mass is 9.87. The lowest BCUT2D eigenvalue weighted by Crippen LogP contribution is -2.32. The first kappa shape index (κ1) is 13.6. The van der Waals surface area contributed by atoms with Crippen LogP contribution in [-0.2, 0) is 14.8 Å². The summed E-state index contributed by atoms with van der Waals surface area (Å²) in [4.78, 5) is 4.55. The van der Waals surface area contributed by atoms with Gasteiger partial charge in [0.25, 0.3) is 0 Å². The van der Waals surface area contributed by atoms with Gasteiger partial charge in [-0.25, -0.2) is 13.4 Å². The zero-order valence-corrected chi connectivity index (χ0v) is 13.1. The summed E-state index contributed by atoms with van der Waals surface area (Å²) in [6.45, 7) is 2.59. The molecule has 5 nitrogen and oxygen atoms in total. The van der Waals surface area contributed by atoms with Crippen molar-refractivity contribution in [3.05, 3.63) is 23.7 Å². The minimum atomic E-state index is -3.43. The molecule has 1 aromatic heterocycles. The molecule has 21 heavy (non-hydrogen) atoms. The predicted octanol–water partition coefficient (Wildman–Crippen LogP) is 2.10. The van der Waals surface area contributed by atoms with E-state index in [0.29, 0.717) is 24.6 Å². The lowest BCUT2D eigenvalue weighted by Gasteiger charge is -2.21. The molecule has 0 aliphatic carbocycles. The van der Waals surface area contributed by atoms with E-state index < -0.39 is 10.0 Å². The Morgan fingerprint density at radius 1 is 1.33 bits per heavy atom. The second kappa shape index (κ2) is 4.74. The molecule has 7 heteroatoms. The zero-order valence-electron chi connectivity index (χ0n) is 11.5. The van der Waals surface area contributed by atoms with Gasteiger partial charge < -0.3 is 4.74 Å². The van der Waals surface area contributed by atoms with Crippen molar-refractivity contribution in [1.29, 1.82) is 0 Å². The third-order valence-electron chi connectivity index (χ3n) is 4.53. The Kier molecular flexibility index (Phi) is 3.08. The fraction of sp³-hybridized carbons (Fsp3) is 0.500. The molecule has 2 fully saturated rings. The molecule has 2 saturated heterocycles. The van der Waals surface area contributed by atoms with Crippen molar-refractivity contribution >= 4 is 31.6 Å². The summed E-state index contributed by atoms with van der Waals surface area (Å²) in [6, 6.07) is 5.20. The highest BCUT2D eigenvalue weighted by Crippen LogP contribution is 2.40. The van der Waals surface area contributed by atoms with Crippen LogP contribution in [0.15, 0.2) is 28.6 Å². The van der Waals surface area contributed by atoms with Crippen molar-refractivity contribution in [2.75, 3.05) is 26.3 Å². The molecule has 2 aromatic rings. The van der Waals surface area contributed by atoms with Crippen LogP contribution >= 0.6 is 11.3 Å². The Morgan fingerprint density at radius 2 is 2.24 bits per heavy atom. The molecule has 0 amide bonds. The van der Waals surface area contributed by atoms with Crippen LogP contribution in [0.5, 0.6) is 0 Å². The van der Waals surface area contributed by atoms with Gasteiger partial charge in [0, 0.05) is 25.1 Å². The lowest BCUT2D eigenvalue weighted by molar-refractivity contribution is 0.157. The molecule has 0 radical (unpaired) electrons. The number of aromatic nitrogens is 1. The number of ether oxygens (including phenoxy) is 1. The first-order chi connectivity index (χ1) is 10.1. The topological polar surface area (TPSA) is 59.5 Å². The summed E-state index contributed by atoms with van der Waals surface area (Å²) < 4.78 is 33.7. The third-order valence-corrected chi connectivity index (χ3v) is 7.18. The maximum Gasteiger partial charge on any atom is 0.243 e. The summed E-state index contributed by atoms with van der Waals surface area (Å²) in [5.74, 6) is 0. The largest absolute Gasteiger partial charge is 0.381 e. The highest BCUT2D eigenvalue weighted by molar-refractivity contribution is 7.89. The quantitative estimate of drug-likeness (QED) is 0.849. The van der Waals surface area contributed by atoms with Crippen LogP contribution in [-0.4, -0.2) is 44.0 Å². The second-order valence-corrected chi connectivity index (χ2v) is 8.70. The fourth-order valence-electron chi connectivity index (χ4n) is 3.22. The van der Waals surface area contributed by atoms with Crippen molar-refractivity contribution in [1.82, 2.24) is 9.29 Å². The zero-order chi connectivity index (χ0) is 14.5. The molecule has 1 aromatic carbocycles. The Hall–Kier alpha value is -1.02. The molecule has 0 saturated carbocycles. The van der Waals surface area contributed by atoms with Crippen molar-refractivity contribution in [3.8, 4) is 0 Å². The number of hydrogen-bond acceptors (Lipinski definition) is 5. The maximum atomic E-state index is 12.8. The van der Waals surface area contributed by atoms with Crippen LogP contribution in [0.2, 0.25) is 0 Å². The van der Waals surface area contributed by atoms with E-state index in [4.69, 9.17) is 4.74 Å². The summed E-state index contributed by atoms with van der Waals surface area (Å²) in [6.07, 6.45) is 1.86. The van der Waals surface area contributed by atoms with Gasteiger partial charge in [-0.3, -0.25) is 0 Å². The Bertz CT molecular complexity index is 778. The second-order valence-electron chi connectivity index (χ2n) is 5.87. The summed E-state index contributed by atoms with van der Waals surface area (Å²) >= 11 is 1.52. The molecule has 1 atom stereocenters. The number of hydrogen-bond donors (Lipinski definition) is 0. The average molecular weight is 324 g/mol. The van der Waals surface area contributed by atoms with E-state index in [2.05, 4.69) is 4.98 Å². The van der Waals surface area contributed by atoms with Gasteiger partial charge in [-0.15, -0.1) is 11.3 Å². The minimum Gasteiger partial charge on any atom is -0.381 e. The average Bonchev–Trinajstić information content (AvgIpc) is 3.20. The van der Waals surface area contributed by atoms with E-state index in [1.54, 1.807) is 21.9 Å². The fourth-order valence-corrected chi connectivity index (χ4v) is 5.45. The van der Waals surface area contributed by atoms with Crippen LogP contribution in [0, 0.1) is 5.41 Å². The number of rotatable bonds is 2. The maximum absolute atomic E-state index is 12.8. The number of nitrogens with zero attached hydrogens (tertiary/aromatic N) is 2. The molecular formula is C14H16N2O3S2. The Balaban J connectivity index is 1.66. The summed E-state index contributed by atoms with van der Waals surface area (Å²) in [5, 5.41) is 0. The molecule has 2 aliphatic rings. The van der Waals surface area contributed by atoms with E-state index >= 15 is 0 Å². The van der Waals surface area contributed by atoms with Gasteiger partial charge in [0.1, 0.15) is 0 Å². The SMILES string of the molecule is O=S(=O)(c1ccc2scnc2c1)N1CCC2(CCOC2)C1. The number of fused-ring (bicyclic) bond motifs is 1. The van der Waals surface area contributed by atoms with Gasteiger partial charge in [-0.05, 0) is 31.0 Å². The first-order valence-electron chi connectivity index (χ1n) is 7.00. The molecule has 112 valence electrons.